The standard InChI is InChI=1S/C24H17BrClNO3/c25-16-3-7-20-15(9-16)12-30-23-8-6-19(11-21(23)24(20)28)29-13-18-5-2-14-1-4-17(26)10-22(14)27-18/h1-11,24,28H,12-13H2. The summed E-state index contributed by atoms with van der Waals surface area (Å²) in [5, 5.41) is 12.6. The second-order valence-corrected chi connectivity index (χ2v) is 8.51. The molecule has 1 unspecified atom stereocenters. The van der Waals surface area contributed by atoms with E-state index >= 15 is 0 Å². The molecule has 150 valence electrons. The number of nitrogens with zero attached hydrogens (tertiary/aromatic N) is 1. The molecule has 0 aliphatic carbocycles. The summed E-state index contributed by atoms with van der Waals surface area (Å²) in [6.45, 7) is 0.713. The highest BCUT2D eigenvalue weighted by Crippen LogP contribution is 2.38. The van der Waals surface area contributed by atoms with Crippen LogP contribution in [0.1, 0.15) is 28.5 Å². The van der Waals surface area contributed by atoms with Crippen molar-refractivity contribution < 1.29 is 14.6 Å². The van der Waals surface area contributed by atoms with Crippen LogP contribution in [0.4, 0.5) is 0 Å². The highest BCUT2D eigenvalue weighted by atomic mass is 79.9. The third-order valence-electron chi connectivity index (χ3n) is 5.16. The van der Waals surface area contributed by atoms with E-state index in [2.05, 4.69) is 20.9 Å². The molecule has 0 bridgehead atoms. The Balaban J connectivity index is 1.40. The molecule has 5 rings (SSSR count). The first-order valence-electron chi connectivity index (χ1n) is 9.48. The lowest BCUT2D eigenvalue weighted by molar-refractivity contribution is 0.217. The van der Waals surface area contributed by atoms with Gasteiger partial charge < -0.3 is 14.6 Å². The molecular weight excluding hydrogens is 466 g/mol. The van der Waals surface area contributed by atoms with Crippen LogP contribution < -0.4 is 9.47 Å². The number of aliphatic hydroxyl groups is 1. The Morgan fingerprint density at radius 1 is 1.03 bits per heavy atom. The summed E-state index contributed by atoms with van der Waals surface area (Å²) in [7, 11) is 0. The van der Waals surface area contributed by atoms with Gasteiger partial charge in [0.1, 0.15) is 30.8 Å². The van der Waals surface area contributed by atoms with Crippen LogP contribution in [0.25, 0.3) is 10.9 Å². The summed E-state index contributed by atoms with van der Waals surface area (Å²) in [5.74, 6) is 1.30. The molecule has 1 aliphatic rings. The molecule has 6 heteroatoms. The average Bonchev–Trinajstić information content (AvgIpc) is 2.88. The molecule has 4 nitrogen and oxygen atoms in total. The number of rotatable bonds is 3. The SMILES string of the molecule is OC1c2ccc(Br)cc2COc2ccc(OCc3ccc4ccc(Cl)cc4n3)cc21. The largest absolute Gasteiger partial charge is 0.488 e. The van der Waals surface area contributed by atoms with E-state index in [9.17, 15) is 5.11 Å². The molecule has 2 heterocycles. The highest BCUT2D eigenvalue weighted by molar-refractivity contribution is 9.10. The maximum absolute atomic E-state index is 11.0. The van der Waals surface area contributed by atoms with Crippen molar-refractivity contribution in [1.82, 2.24) is 4.98 Å². The minimum absolute atomic E-state index is 0.307. The second-order valence-electron chi connectivity index (χ2n) is 7.16. The number of benzene rings is 3. The smallest absolute Gasteiger partial charge is 0.130 e. The summed E-state index contributed by atoms with van der Waals surface area (Å²) < 4.78 is 12.8. The van der Waals surface area contributed by atoms with Crippen LogP contribution in [0.15, 0.2) is 71.2 Å². The van der Waals surface area contributed by atoms with Gasteiger partial charge in [0, 0.05) is 20.4 Å². The molecule has 0 fully saturated rings. The van der Waals surface area contributed by atoms with E-state index in [0.29, 0.717) is 35.3 Å². The molecule has 30 heavy (non-hydrogen) atoms. The summed E-state index contributed by atoms with van der Waals surface area (Å²) in [5.41, 5.74) is 4.10. The molecule has 0 spiro atoms. The third kappa shape index (κ3) is 3.76. The van der Waals surface area contributed by atoms with Crippen LogP contribution in [-0.2, 0) is 13.2 Å². The van der Waals surface area contributed by atoms with Crippen LogP contribution in [0, 0.1) is 0 Å². The number of aromatic nitrogens is 1. The minimum atomic E-state index is -0.782. The van der Waals surface area contributed by atoms with E-state index in [1.54, 1.807) is 0 Å². The van der Waals surface area contributed by atoms with E-state index in [-0.39, 0.29) is 0 Å². The fourth-order valence-corrected chi connectivity index (χ4v) is 4.20. The number of ether oxygens (including phenoxy) is 2. The van der Waals surface area contributed by atoms with Gasteiger partial charge in [0.15, 0.2) is 0 Å². The van der Waals surface area contributed by atoms with Gasteiger partial charge in [0.05, 0.1) is 11.2 Å². The Labute approximate surface area is 187 Å². The van der Waals surface area contributed by atoms with E-state index in [4.69, 9.17) is 21.1 Å². The number of pyridine rings is 1. The zero-order valence-electron chi connectivity index (χ0n) is 15.8. The average molecular weight is 483 g/mol. The van der Waals surface area contributed by atoms with Gasteiger partial charge in [0.2, 0.25) is 0 Å². The quantitative estimate of drug-likeness (QED) is 0.377. The summed E-state index contributed by atoms with van der Waals surface area (Å²) in [6.07, 6.45) is -0.782. The van der Waals surface area contributed by atoms with Crippen molar-refractivity contribution in [2.24, 2.45) is 0 Å². The number of hydrogen-bond donors (Lipinski definition) is 1. The molecule has 1 aliphatic heterocycles. The predicted octanol–water partition coefficient (Wildman–Crippen LogP) is 6.20. The van der Waals surface area contributed by atoms with Crippen LogP contribution in [-0.4, -0.2) is 10.1 Å². The Kier molecular flexibility index (Phi) is 5.11. The van der Waals surface area contributed by atoms with Crippen LogP contribution in [0.2, 0.25) is 5.02 Å². The zero-order valence-corrected chi connectivity index (χ0v) is 18.2. The van der Waals surface area contributed by atoms with Crippen molar-refractivity contribution in [3.8, 4) is 11.5 Å². The van der Waals surface area contributed by atoms with Crippen molar-refractivity contribution in [2.75, 3.05) is 0 Å². The van der Waals surface area contributed by atoms with Gasteiger partial charge in [0.25, 0.3) is 0 Å². The fourth-order valence-electron chi connectivity index (χ4n) is 3.62. The summed E-state index contributed by atoms with van der Waals surface area (Å²) in [4.78, 5) is 4.62. The fraction of sp³-hybridized carbons (Fsp3) is 0.125. The molecule has 0 saturated carbocycles. The second kappa shape index (κ2) is 7.91. The van der Waals surface area contributed by atoms with E-state index in [1.807, 2.05) is 66.7 Å². The molecule has 1 N–H and O–H groups in total. The zero-order chi connectivity index (χ0) is 20.7. The van der Waals surface area contributed by atoms with Crippen molar-refractivity contribution in [3.05, 3.63) is 98.6 Å². The van der Waals surface area contributed by atoms with Crippen molar-refractivity contribution in [1.29, 1.82) is 0 Å². The minimum Gasteiger partial charge on any atom is -0.488 e. The van der Waals surface area contributed by atoms with Crippen LogP contribution in [0.5, 0.6) is 11.5 Å². The molecule has 0 radical (unpaired) electrons. The Bertz CT molecular complexity index is 1260. The Morgan fingerprint density at radius 3 is 2.80 bits per heavy atom. The predicted molar refractivity (Wildman–Crippen MR) is 120 cm³/mol. The number of aliphatic hydroxyl groups excluding tert-OH is 1. The lowest BCUT2D eigenvalue weighted by Gasteiger charge is -2.15. The molecule has 3 aromatic carbocycles. The van der Waals surface area contributed by atoms with Gasteiger partial charge in [-0.25, -0.2) is 4.98 Å². The van der Waals surface area contributed by atoms with Gasteiger partial charge in [-0.05, 0) is 59.7 Å². The molecule has 0 saturated heterocycles. The summed E-state index contributed by atoms with van der Waals surface area (Å²) >= 11 is 9.55. The van der Waals surface area contributed by atoms with E-state index in [1.165, 1.54) is 0 Å². The van der Waals surface area contributed by atoms with Crippen molar-refractivity contribution in [3.63, 3.8) is 0 Å². The Hall–Kier alpha value is -2.60. The number of fused-ring (bicyclic) bond motifs is 3. The maximum atomic E-state index is 11.0. The van der Waals surface area contributed by atoms with Gasteiger partial charge in [-0.2, -0.15) is 0 Å². The normalized spacial score (nSPS) is 15.1. The molecule has 4 aromatic rings. The van der Waals surface area contributed by atoms with Gasteiger partial charge in [-0.15, -0.1) is 0 Å². The Morgan fingerprint density at radius 2 is 1.90 bits per heavy atom. The van der Waals surface area contributed by atoms with E-state index in [0.717, 1.165) is 32.2 Å². The third-order valence-corrected chi connectivity index (χ3v) is 5.89. The maximum Gasteiger partial charge on any atom is 0.130 e. The number of hydrogen-bond acceptors (Lipinski definition) is 4. The van der Waals surface area contributed by atoms with Gasteiger partial charge in [-0.3, -0.25) is 0 Å². The van der Waals surface area contributed by atoms with Gasteiger partial charge in [-0.1, -0.05) is 45.7 Å². The van der Waals surface area contributed by atoms with Crippen LogP contribution >= 0.6 is 27.5 Å². The molecule has 0 amide bonds. The number of halogens is 2. The topological polar surface area (TPSA) is 51.6 Å². The lowest BCUT2D eigenvalue weighted by Crippen LogP contribution is -2.03. The van der Waals surface area contributed by atoms with E-state index < -0.39 is 6.10 Å². The molecular formula is C24H17BrClNO3. The monoisotopic (exact) mass is 481 g/mol. The first kappa shape index (κ1) is 19.4. The summed E-state index contributed by atoms with van der Waals surface area (Å²) in [6, 6.07) is 20.9. The lowest BCUT2D eigenvalue weighted by atomic mass is 9.97. The first-order valence-corrected chi connectivity index (χ1v) is 10.6. The van der Waals surface area contributed by atoms with Gasteiger partial charge >= 0.3 is 0 Å². The first-order chi connectivity index (χ1) is 14.6. The van der Waals surface area contributed by atoms with Crippen molar-refractivity contribution in [2.45, 2.75) is 19.3 Å². The van der Waals surface area contributed by atoms with Crippen molar-refractivity contribution >= 4 is 38.4 Å². The molecule has 1 aromatic heterocycles. The highest BCUT2D eigenvalue weighted by Gasteiger charge is 2.23. The molecule has 1 atom stereocenters. The van der Waals surface area contributed by atoms with Crippen LogP contribution in [0.3, 0.4) is 0 Å².